The van der Waals surface area contributed by atoms with E-state index in [0.717, 1.165) is 0 Å². The van der Waals surface area contributed by atoms with Gasteiger partial charge in [0.15, 0.2) is 0 Å². The van der Waals surface area contributed by atoms with Crippen molar-refractivity contribution in [1.29, 1.82) is 0 Å². The first-order chi connectivity index (χ1) is 9.04. The maximum Gasteiger partial charge on any atom is 0.323 e. The zero-order valence-corrected chi connectivity index (χ0v) is 11.5. The van der Waals surface area contributed by atoms with E-state index in [1.165, 1.54) is 4.90 Å². The largest absolute Gasteiger partial charge is 0.480 e. The third-order valence-corrected chi connectivity index (χ3v) is 2.80. The topological polar surface area (TPSA) is 69.6 Å². The summed E-state index contributed by atoms with van der Waals surface area (Å²) in [5.41, 5.74) is 0.543. The molecule has 2 N–H and O–H groups in total. The molecule has 1 aromatic rings. The highest BCUT2D eigenvalue weighted by atomic mass is 35.5. The Bertz CT molecular complexity index is 434. The first kappa shape index (κ1) is 15.5. The van der Waals surface area contributed by atoms with Crippen LogP contribution < -0.4 is 10.2 Å². The molecule has 19 heavy (non-hydrogen) atoms. The zero-order chi connectivity index (χ0) is 14.3. The van der Waals surface area contributed by atoms with Gasteiger partial charge in [0, 0.05) is 17.1 Å². The summed E-state index contributed by atoms with van der Waals surface area (Å²) < 4.78 is 0. The minimum atomic E-state index is -1.04. The molecule has 0 aliphatic heterocycles. The Morgan fingerprint density at radius 2 is 1.95 bits per heavy atom. The monoisotopic (exact) mass is 284 g/mol. The number of anilines is 1. The van der Waals surface area contributed by atoms with E-state index in [0.29, 0.717) is 30.1 Å². The van der Waals surface area contributed by atoms with E-state index in [-0.39, 0.29) is 12.5 Å². The van der Waals surface area contributed by atoms with Crippen molar-refractivity contribution in [2.24, 2.45) is 0 Å². The van der Waals surface area contributed by atoms with Crippen molar-refractivity contribution in [3.05, 3.63) is 29.3 Å². The van der Waals surface area contributed by atoms with Crippen LogP contribution in [0.4, 0.5) is 5.69 Å². The van der Waals surface area contributed by atoms with Crippen LogP contribution in [-0.2, 0) is 9.59 Å². The molecule has 0 spiro atoms. The first-order valence-electron chi connectivity index (χ1n) is 5.97. The molecule has 0 bridgehead atoms. The van der Waals surface area contributed by atoms with Crippen LogP contribution in [0.5, 0.6) is 0 Å². The molecule has 0 aliphatic rings. The molecule has 104 valence electrons. The van der Waals surface area contributed by atoms with Crippen LogP contribution in [0.1, 0.15) is 12.8 Å². The Kier molecular flexibility index (Phi) is 6.32. The number of halogens is 1. The average molecular weight is 285 g/mol. The average Bonchev–Trinajstić information content (AvgIpc) is 2.37. The van der Waals surface area contributed by atoms with Gasteiger partial charge in [0.05, 0.1) is 0 Å². The standard InChI is InChI=1S/C13H17ClN2O3/c1-15-8-2-3-12(17)16(9-13(18)19)11-6-4-10(14)5-7-11/h4-7,15H,2-3,8-9H2,1H3,(H,18,19). The summed E-state index contributed by atoms with van der Waals surface area (Å²) in [6.45, 7) is 0.368. The highest BCUT2D eigenvalue weighted by molar-refractivity contribution is 6.30. The van der Waals surface area contributed by atoms with Gasteiger partial charge in [-0.25, -0.2) is 0 Å². The van der Waals surface area contributed by atoms with Gasteiger partial charge in [0.1, 0.15) is 6.54 Å². The van der Waals surface area contributed by atoms with Crippen molar-refractivity contribution in [2.75, 3.05) is 25.0 Å². The molecule has 0 saturated heterocycles. The Morgan fingerprint density at radius 3 is 2.47 bits per heavy atom. The van der Waals surface area contributed by atoms with Crippen molar-refractivity contribution in [1.82, 2.24) is 5.32 Å². The van der Waals surface area contributed by atoms with Gasteiger partial charge in [-0.3, -0.25) is 9.59 Å². The molecule has 0 unspecified atom stereocenters. The summed E-state index contributed by atoms with van der Waals surface area (Å²) in [6, 6.07) is 6.54. The second-order valence-corrected chi connectivity index (χ2v) is 4.49. The summed E-state index contributed by atoms with van der Waals surface area (Å²) in [5.74, 6) is -1.25. The van der Waals surface area contributed by atoms with Gasteiger partial charge in [-0.15, -0.1) is 0 Å². The minimum absolute atomic E-state index is 0.208. The maximum atomic E-state index is 12.0. The molecule has 5 nitrogen and oxygen atoms in total. The lowest BCUT2D eigenvalue weighted by Gasteiger charge is -2.21. The van der Waals surface area contributed by atoms with Crippen LogP contribution in [0.2, 0.25) is 5.02 Å². The predicted octanol–water partition coefficient (Wildman–Crippen LogP) is 1.76. The molecule has 1 aromatic carbocycles. The molecule has 0 saturated carbocycles. The Morgan fingerprint density at radius 1 is 1.32 bits per heavy atom. The van der Waals surface area contributed by atoms with E-state index in [9.17, 15) is 9.59 Å². The van der Waals surface area contributed by atoms with Crippen LogP contribution in [0.3, 0.4) is 0 Å². The quantitative estimate of drug-likeness (QED) is 0.749. The molecular formula is C13H17ClN2O3. The smallest absolute Gasteiger partial charge is 0.323 e. The van der Waals surface area contributed by atoms with Crippen LogP contribution in [-0.4, -0.2) is 37.1 Å². The van der Waals surface area contributed by atoms with Gasteiger partial charge in [-0.05, 0) is 44.3 Å². The van der Waals surface area contributed by atoms with Crippen LogP contribution in [0.25, 0.3) is 0 Å². The lowest BCUT2D eigenvalue weighted by molar-refractivity contribution is -0.136. The highest BCUT2D eigenvalue weighted by Crippen LogP contribution is 2.19. The van der Waals surface area contributed by atoms with Crippen LogP contribution in [0.15, 0.2) is 24.3 Å². The number of carboxylic acid groups (broad SMARTS) is 1. The Hall–Kier alpha value is -1.59. The minimum Gasteiger partial charge on any atom is -0.480 e. The number of carboxylic acids is 1. The number of nitrogens with one attached hydrogen (secondary N) is 1. The highest BCUT2D eigenvalue weighted by Gasteiger charge is 2.18. The molecule has 0 fully saturated rings. The Labute approximate surface area is 117 Å². The molecule has 1 rings (SSSR count). The van der Waals surface area contributed by atoms with Crippen molar-refractivity contribution < 1.29 is 14.7 Å². The third-order valence-electron chi connectivity index (χ3n) is 2.55. The second kappa shape index (κ2) is 7.76. The molecular weight excluding hydrogens is 268 g/mol. The van der Waals surface area contributed by atoms with E-state index in [1.807, 2.05) is 0 Å². The van der Waals surface area contributed by atoms with Gasteiger partial charge in [-0.1, -0.05) is 11.6 Å². The zero-order valence-electron chi connectivity index (χ0n) is 10.7. The van der Waals surface area contributed by atoms with Crippen molar-refractivity contribution in [3.63, 3.8) is 0 Å². The van der Waals surface area contributed by atoms with Gasteiger partial charge >= 0.3 is 5.97 Å². The lowest BCUT2D eigenvalue weighted by atomic mass is 10.2. The number of aliphatic carboxylic acids is 1. The van der Waals surface area contributed by atoms with E-state index in [2.05, 4.69) is 5.32 Å². The summed E-state index contributed by atoms with van der Waals surface area (Å²) >= 11 is 5.78. The second-order valence-electron chi connectivity index (χ2n) is 4.06. The van der Waals surface area contributed by atoms with Crippen LogP contribution >= 0.6 is 11.6 Å². The number of hydrogen-bond donors (Lipinski definition) is 2. The fourth-order valence-electron chi connectivity index (χ4n) is 1.63. The van der Waals surface area contributed by atoms with E-state index < -0.39 is 5.97 Å². The van der Waals surface area contributed by atoms with E-state index in [4.69, 9.17) is 16.7 Å². The molecule has 0 atom stereocenters. The number of amides is 1. The fourth-order valence-corrected chi connectivity index (χ4v) is 1.76. The molecule has 0 aromatic heterocycles. The normalized spacial score (nSPS) is 10.2. The Balaban J connectivity index is 2.79. The maximum absolute atomic E-state index is 12.0. The molecule has 0 heterocycles. The summed E-state index contributed by atoms with van der Waals surface area (Å²) in [6.07, 6.45) is 0.968. The number of carbonyl (C=O) groups is 2. The van der Waals surface area contributed by atoms with Gasteiger partial charge < -0.3 is 15.3 Å². The summed E-state index contributed by atoms with van der Waals surface area (Å²) in [7, 11) is 1.80. The summed E-state index contributed by atoms with van der Waals surface area (Å²) in [4.78, 5) is 24.2. The molecule has 0 aliphatic carbocycles. The number of rotatable bonds is 7. The first-order valence-corrected chi connectivity index (χ1v) is 6.34. The van der Waals surface area contributed by atoms with E-state index in [1.54, 1.807) is 31.3 Å². The third kappa shape index (κ3) is 5.28. The molecule has 6 heteroatoms. The molecule has 0 radical (unpaired) electrons. The van der Waals surface area contributed by atoms with Gasteiger partial charge in [0.25, 0.3) is 0 Å². The number of carbonyl (C=O) groups excluding carboxylic acids is 1. The summed E-state index contributed by atoms with van der Waals surface area (Å²) in [5, 5.41) is 12.4. The number of hydrogen-bond acceptors (Lipinski definition) is 3. The van der Waals surface area contributed by atoms with Gasteiger partial charge in [0.2, 0.25) is 5.91 Å². The number of benzene rings is 1. The molecule has 1 amide bonds. The van der Waals surface area contributed by atoms with Gasteiger partial charge in [-0.2, -0.15) is 0 Å². The lowest BCUT2D eigenvalue weighted by Crippen LogP contribution is -2.35. The predicted molar refractivity (Wildman–Crippen MR) is 74.6 cm³/mol. The van der Waals surface area contributed by atoms with Crippen molar-refractivity contribution in [3.8, 4) is 0 Å². The van der Waals surface area contributed by atoms with E-state index >= 15 is 0 Å². The van der Waals surface area contributed by atoms with Crippen molar-refractivity contribution >= 4 is 29.2 Å². The van der Waals surface area contributed by atoms with Crippen LogP contribution in [0, 0.1) is 0 Å². The van der Waals surface area contributed by atoms with Crippen molar-refractivity contribution in [2.45, 2.75) is 12.8 Å². The SMILES string of the molecule is CNCCCC(=O)N(CC(=O)O)c1ccc(Cl)cc1. The fraction of sp³-hybridized carbons (Fsp3) is 0.385. The number of nitrogens with zero attached hydrogens (tertiary/aromatic N) is 1.